The zero-order chi connectivity index (χ0) is 8.77. The van der Waals surface area contributed by atoms with Crippen molar-refractivity contribution in [2.24, 2.45) is 0 Å². The molecule has 64 valence electrons. The lowest BCUT2D eigenvalue weighted by atomic mass is 10.2. The second-order valence-electron chi connectivity index (χ2n) is 2.91. The molecule has 1 unspecified atom stereocenters. The van der Waals surface area contributed by atoms with Crippen LogP contribution < -0.4 is 0 Å². The van der Waals surface area contributed by atoms with Crippen LogP contribution in [-0.4, -0.2) is 11.5 Å². The van der Waals surface area contributed by atoms with Crippen molar-refractivity contribution in [3.05, 3.63) is 27.1 Å². The number of thiophene rings is 1. The van der Waals surface area contributed by atoms with E-state index in [0.717, 1.165) is 4.88 Å². The second-order valence-corrected chi connectivity index (χ2v) is 3.98. The first kappa shape index (κ1) is 7.70. The third-order valence-electron chi connectivity index (χ3n) is 1.87. The molecule has 0 aromatic carbocycles. The maximum atomic E-state index is 10.3. The molecular formula is C7H7NO3S. The van der Waals surface area contributed by atoms with Gasteiger partial charge in [0.2, 0.25) is 0 Å². The number of rotatable bonds is 2. The average molecular weight is 185 g/mol. The lowest BCUT2D eigenvalue weighted by Gasteiger charge is -1.96. The molecule has 0 N–H and O–H groups in total. The molecular weight excluding hydrogens is 178 g/mol. The highest BCUT2D eigenvalue weighted by Crippen LogP contribution is 2.43. The van der Waals surface area contributed by atoms with E-state index in [4.69, 9.17) is 4.74 Å². The summed E-state index contributed by atoms with van der Waals surface area (Å²) in [5, 5.41) is 10.5. The minimum absolute atomic E-state index is 0.182. The van der Waals surface area contributed by atoms with E-state index in [0.29, 0.717) is 6.61 Å². The average Bonchev–Trinajstić information content (AvgIpc) is 2.61. The molecule has 1 aliphatic heterocycles. The van der Waals surface area contributed by atoms with Gasteiger partial charge < -0.3 is 4.74 Å². The lowest BCUT2D eigenvalue weighted by Crippen LogP contribution is -1.96. The van der Waals surface area contributed by atoms with E-state index in [9.17, 15) is 10.1 Å². The molecule has 0 radical (unpaired) electrons. The van der Waals surface area contributed by atoms with Gasteiger partial charge in [-0.3, -0.25) is 10.1 Å². The summed E-state index contributed by atoms with van der Waals surface area (Å²) < 4.78 is 5.16. The van der Waals surface area contributed by atoms with Crippen molar-refractivity contribution in [1.82, 2.24) is 0 Å². The van der Waals surface area contributed by atoms with Gasteiger partial charge in [-0.2, -0.15) is 0 Å². The Morgan fingerprint density at radius 1 is 1.75 bits per heavy atom. The van der Waals surface area contributed by atoms with Gasteiger partial charge in [0, 0.05) is 10.9 Å². The van der Waals surface area contributed by atoms with Gasteiger partial charge >= 0.3 is 5.00 Å². The topological polar surface area (TPSA) is 55.7 Å². The van der Waals surface area contributed by atoms with E-state index in [1.807, 2.05) is 6.92 Å². The molecule has 2 heterocycles. The Morgan fingerprint density at radius 3 is 2.83 bits per heavy atom. The van der Waals surface area contributed by atoms with Gasteiger partial charge in [0.05, 0.1) is 11.5 Å². The summed E-state index contributed by atoms with van der Waals surface area (Å²) in [6.45, 7) is 2.60. The van der Waals surface area contributed by atoms with Crippen LogP contribution in [0.2, 0.25) is 0 Å². The first-order chi connectivity index (χ1) is 5.62. The Bertz CT molecular complexity index is 329. The molecule has 0 amide bonds. The summed E-state index contributed by atoms with van der Waals surface area (Å²) in [5.41, 5.74) is -0.237. The van der Waals surface area contributed by atoms with Crippen LogP contribution in [-0.2, 0) is 10.3 Å². The van der Waals surface area contributed by atoms with Gasteiger partial charge in [-0.05, 0) is 13.0 Å². The van der Waals surface area contributed by atoms with E-state index >= 15 is 0 Å². The molecule has 2 rings (SSSR count). The Labute approximate surface area is 72.9 Å². The van der Waals surface area contributed by atoms with E-state index in [-0.39, 0.29) is 15.5 Å². The molecule has 1 atom stereocenters. The summed E-state index contributed by atoms with van der Waals surface area (Å²) in [4.78, 5) is 10.9. The normalized spacial score (nSPS) is 27.1. The molecule has 4 nitrogen and oxygen atoms in total. The predicted octanol–water partition coefficient (Wildman–Crippen LogP) is 1.90. The highest BCUT2D eigenvalue weighted by atomic mass is 32.1. The first-order valence-electron chi connectivity index (χ1n) is 3.50. The van der Waals surface area contributed by atoms with Crippen LogP contribution >= 0.6 is 11.3 Å². The van der Waals surface area contributed by atoms with E-state index in [1.165, 1.54) is 17.4 Å². The molecule has 1 aliphatic rings. The summed E-state index contributed by atoms with van der Waals surface area (Å²) in [6.07, 6.45) is 0. The molecule has 0 bridgehead atoms. The Balaban J connectivity index is 2.30. The van der Waals surface area contributed by atoms with Crippen molar-refractivity contribution in [3.8, 4) is 0 Å². The molecule has 0 saturated carbocycles. The predicted molar refractivity (Wildman–Crippen MR) is 44.3 cm³/mol. The SMILES string of the molecule is CC1(c2ccc([N+](=O)[O-])s2)CO1. The first-order valence-corrected chi connectivity index (χ1v) is 4.32. The molecule has 1 aromatic heterocycles. The standard InChI is InChI=1S/C7H7NO3S/c1-7(4-11-7)5-2-3-6(12-5)8(9)10/h2-3H,4H2,1H3. The van der Waals surface area contributed by atoms with Crippen molar-refractivity contribution < 1.29 is 9.66 Å². The summed E-state index contributed by atoms with van der Waals surface area (Å²) in [5.74, 6) is 0. The van der Waals surface area contributed by atoms with Gasteiger partial charge in [0.1, 0.15) is 5.60 Å². The molecule has 12 heavy (non-hydrogen) atoms. The zero-order valence-electron chi connectivity index (χ0n) is 6.44. The van der Waals surface area contributed by atoms with Crippen LogP contribution in [0.25, 0.3) is 0 Å². The third-order valence-corrected chi connectivity index (χ3v) is 3.15. The smallest absolute Gasteiger partial charge is 0.324 e. The maximum absolute atomic E-state index is 10.3. The summed E-state index contributed by atoms with van der Waals surface area (Å²) in [7, 11) is 0. The minimum atomic E-state index is -0.375. The van der Waals surface area contributed by atoms with Crippen molar-refractivity contribution in [2.45, 2.75) is 12.5 Å². The highest BCUT2D eigenvalue weighted by molar-refractivity contribution is 7.15. The van der Waals surface area contributed by atoms with Gasteiger partial charge in [0.15, 0.2) is 0 Å². The van der Waals surface area contributed by atoms with Crippen molar-refractivity contribution in [1.29, 1.82) is 0 Å². The Hall–Kier alpha value is -0.940. The fraction of sp³-hybridized carbons (Fsp3) is 0.429. The third kappa shape index (κ3) is 1.11. The number of nitrogens with zero attached hydrogens (tertiary/aromatic N) is 1. The number of ether oxygens (including phenoxy) is 1. The molecule has 1 aromatic rings. The van der Waals surface area contributed by atoms with Gasteiger partial charge in [-0.1, -0.05) is 11.3 Å². The summed E-state index contributed by atoms with van der Waals surface area (Å²) in [6, 6.07) is 3.28. The van der Waals surface area contributed by atoms with Crippen LogP contribution in [0.15, 0.2) is 12.1 Å². The van der Waals surface area contributed by atoms with Gasteiger partial charge in [-0.25, -0.2) is 0 Å². The molecule has 5 heteroatoms. The molecule has 1 saturated heterocycles. The van der Waals surface area contributed by atoms with Gasteiger partial charge in [0.25, 0.3) is 0 Å². The minimum Gasteiger partial charge on any atom is -0.364 e. The number of nitro groups is 1. The number of hydrogen-bond donors (Lipinski definition) is 0. The van der Waals surface area contributed by atoms with Crippen LogP contribution in [0, 0.1) is 10.1 Å². The van der Waals surface area contributed by atoms with Crippen LogP contribution in [0.3, 0.4) is 0 Å². The van der Waals surface area contributed by atoms with Crippen molar-refractivity contribution in [2.75, 3.05) is 6.61 Å². The molecule has 0 spiro atoms. The fourth-order valence-corrected chi connectivity index (χ4v) is 1.87. The Morgan fingerprint density at radius 2 is 2.42 bits per heavy atom. The van der Waals surface area contributed by atoms with E-state index < -0.39 is 0 Å². The van der Waals surface area contributed by atoms with Crippen LogP contribution in [0.1, 0.15) is 11.8 Å². The van der Waals surface area contributed by atoms with E-state index in [1.54, 1.807) is 6.07 Å². The van der Waals surface area contributed by atoms with Crippen molar-refractivity contribution >= 4 is 16.3 Å². The number of epoxide rings is 1. The highest BCUT2D eigenvalue weighted by Gasteiger charge is 2.43. The fourth-order valence-electron chi connectivity index (χ4n) is 0.961. The zero-order valence-corrected chi connectivity index (χ0v) is 7.26. The molecule has 1 fully saturated rings. The second kappa shape index (κ2) is 2.27. The summed E-state index contributed by atoms with van der Waals surface area (Å²) >= 11 is 1.19. The van der Waals surface area contributed by atoms with Crippen LogP contribution in [0.4, 0.5) is 5.00 Å². The monoisotopic (exact) mass is 185 g/mol. The van der Waals surface area contributed by atoms with Crippen molar-refractivity contribution in [3.63, 3.8) is 0 Å². The van der Waals surface area contributed by atoms with Crippen LogP contribution in [0.5, 0.6) is 0 Å². The lowest BCUT2D eigenvalue weighted by molar-refractivity contribution is -0.380. The largest absolute Gasteiger partial charge is 0.364 e. The maximum Gasteiger partial charge on any atom is 0.324 e. The van der Waals surface area contributed by atoms with E-state index in [2.05, 4.69) is 0 Å². The molecule has 0 aliphatic carbocycles. The van der Waals surface area contributed by atoms with Gasteiger partial charge in [-0.15, -0.1) is 0 Å². The Kier molecular flexibility index (Phi) is 1.46. The quantitative estimate of drug-likeness (QED) is 0.401. The number of hydrogen-bond acceptors (Lipinski definition) is 4.